The molecule has 1 fully saturated rings. The van der Waals surface area contributed by atoms with Gasteiger partial charge in [-0.1, -0.05) is 0 Å². The lowest BCUT2D eigenvalue weighted by Gasteiger charge is -2.09. The normalized spacial score (nSPS) is 18.0. The minimum atomic E-state index is -0.574. The highest BCUT2D eigenvalue weighted by Crippen LogP contribution is 2.18. The average molecular weight is 261 g/mol. The molecule has 1 aromatic rings. The Morgan fingerprint density at radius 2 is 2.42 bits per heavy atom. The number of nitriles is 1. The summed E-state index contributed by atoms with van der Waals surface area (Å²) in [4.78, 5) is 11.7. The van der Waals surface area contributed by atoms with Gasteiger partial charge in [0.15, 0.2) is 0 Å². The first kappa shape index (κ1) is 13.5. The summed E-state index contributed by atoms with van der Waals surface area (Å²) in [5.41, 5.74) is 0.376. The fourth-order valence-corrected chi connectivity index (χ4v) is 2.19. The molecule has 19 heavy (non-hydrogen) atoms. The Kier molecular flexibility index (Phi) is 4.48. The molecule has 0 bridgehead atoms. The fourth-order valence-electron chi connectivity index (χ4n) is 2.19. The molecule has 1 aliphatic heterocycles. The van der Waals surface area contributed by atoms with Crippen LogP contribution < -0.4 is 10.6 Å². The molecule has 2 N–H and O–H groups in total. The molecule has 100 valence electrons. The summed E-state index contributed by atoms with van der Waals surface area (Å²) in [6, 6.07) is 5.88. The molecule has 1 amide bonds. The molecular weight excluding hydrogens is 245 g/mol. The van der Waals surface area contributed by atoms with Gasteiger partial charge in [0.25, 0.3) is 0 Å². The summed E-state index contributed by atoms with van der Waals surface area (Å²) in [7, 11) is 0. The van der Waals surface area contributed by atoms with Crippen molar-refractivity contribution in [3.63, 3.8) is 0 Å². The Morgan fingerprint density at radius 1 is 1.58 bits per heavy atom. The number of hydrogen-bond donors (Lipinski definition) is 2. The van der Waals surface area contributed by atoms with Crippen molar-refractivity contribution >= 4 is 11.6 Å². The van der Waals surface area contributed by atoms with Crippen LogP contribution in [0.2, 0.25) is 0 Å². The lowest BCUT2D eigenvalue weighted by molar-refractivity contribution is -0.116. The summed E-state index contributed by atoms with van der Waals surface area (Å²) in [6.45, 7) is 1.97. The SMILES string of the molecule is N#Cc1ccc(NC(=O)CCC2CCNC2)c(F)c1. The van der Waals surface area contributed by atoms with Crippen molar-refractivity contribution in [2.24, 2.45) is 5.92 Å². The number of carbonyl (C=O) groups is 1. The molecule has 1 atom stereocenters. The van der Waals surface area contributed by atoms with Crippen molar-refractivity contribution in [1.82, 2.24) is 5.32 Å². The number of nitrogens with one attached hydrogen (secondary N) is 2. The molecule has 1 unspecified atom stereocenters. The average Bonchev–Trinajstić information content (AvgIpc) is 2.92. The van der Waals surface area contributed by atoms with Crippen molar-refractivity contribution < 1.29 is 9.18 Å². The molecule has 1 aliphatic rings. The van der Waals surface area contributed by atoms with E-state index in [0.29, 0.717) is 12.3 Å². The van der Waals surface area contributed by atoms with E-state index < -0.39 is 5.82 Å². The Morgan fingerprint density at radius 3 is 3.05 bits per heavy atom. The van der Waals surface area contributed by atoms with Crippen LogP contribution in [0.4, 0.5) is 10.1 Å². The zero-order valence-electron chi connectivity index (χ0n) is 10.6. The van der Waals surface area contributed by atoms with Gasteiger partial charge in [0.1, 0.15) is 5.82 Å². The number of carbonyl (C=O) groups excluding carboxylic acids is 1. The molecule has 0 aromatic heterocycles. The van der Waals surface area contributed by atoms with Gasteiger partial charge in [-0.15, -0.1) is 0 Å². The van der Waals surface area contributed by atoms with Gasteiger partial charge in [-0.3, -0.25) is 4.79 Å². The first-order chi connectivity index (χ1) is 9.19. The van der Waals surface area contributed by atoms with Gasteiger partial charge in [0.2, 0.25) is 5.91 Å². The smallest absolute Gasteiger partial charge is 0.224 e. The van der Waals surface area contributed by atoms with Crippen molar-refractivity contribution in [2.75, 3.05) is 18.4 Å². The zero-order valence-corrected chi connectivity index (χ0v) is 10.6. The van der Waals surface area contributed by atoms with Gasteiger partial charge in [0, 0.05) is 6.42 Å². The van der Waals surface area contributed by atoms with Crippen molar-refractivity contribution in [1.29, 1.82) is 5.26 Å². The summed E-state index contributed by atoms with van der Waals surface area (Å²) in [6.07, 6.45) is 2.31. The van der Waals surface area contributed by atoms with Crippen LogP contribution in [0.5, 0.6) is 0 Å². The van der Waals surface area contributed by atoms with Crippen LogP contribution >= 0.6 is 0 Å². The molecule has 2 rings (SSSR count). The summed E-state index contributed by atoms with van der Waals surface area (Å²) >= 11 is 0. The number of amides is 1. The third kappa shape index (κ3) is 3.76. The Balaban J connectivity index is 1.86. The standard InChI is InChI=1S/C14H16FN3O/c15-12-7-11(8-16)1-3-13(12)18-14(19)4-2-10-5-6-17-9-10/h1,3,7,10,17H,2,4-6,9H2,(H,18,19). The van der Waals surface area contributed by atoms with Crippen LogP contribution in [0.3, 0.4) is 0 Å². The van der Waals surface area contributed by atoms with E-state index in [4.69, 9.17) is 5.26 Å². The number of nitrogens with zero attached hydrogens (tertiary/aromatic N) is 1. The maximum atomic E-state index is 13.6. The largest absolute Gasteiger partial charge is 0.324 e. The van der Waals surface area contributed by atoms with E-state index in [0.717, 1.165) is 32.0 Å². The number of hydrogen-bond acceptors (Lipinski definition) is 3. The highest BCUT2D eigenvalue weighted by molar-refractivity contribution is 5.90. The van der Waals surface area contributed by atoms with Crippen LogP contribution in [0.15, 0.2) is 18.2 Å². The number of rotatable bonds is 4. The van der Waals surface area contributed by atoms with Crippen molar-refractivity contribution in [3.05, 3.63) is 29.6 Å². The monoisotopic (exact) mass is 261 g/mol. The predicted octanol–water partition coefficient (Wildman–Crippen LogP) is 2.03. The van der Waals surface area contributed by atoms with Gasteiger partial charge in [0.05, 0.1) is 17.3 Å². The van der Waals surface area contributed by atoms with E-state index in [9.17, 15) is 9.18 Å². The lowest BCUT2D eigenvalue weighted by atomic mass is 10.0. The summed E-state index contributed by atoms with van der Waals surface area (Å²) < 4.78 is 13.6. The second-order valence-corrected chi connectivity index (χ2v) is 4.75. The molecule has 5 heteroatoms. The van der Waals surface area contributed by atoms with Gasteiger partial charge in [-0.2, -0.15) is 5.26 Å². The van der Waals surface area contributed by atoms with Crippen molar-refractivity contribution in [2.45, 2.75) is 19.3 Å². The molecule has 0 saturated carbocycles. The van der Waals surface area contributed by atoms with Crippen LogP contribution in [0, 0.1) is 23.1 Å². The van der Waals surface area contributed by atoms with E-state index in [1.54, 1.807) is 0 Å². The quantitative estimate of drug-likeness (QED) is 0.871. The Labute approximate surface area is 111 Å². The molecule has 1 heterocycles. The minimum Gasteiger partial charge on any atom is -0.324 e. The first-order valence-corrected chi connectivity index (χ1v) is 6.39. The van der Waals surface area contributed by atoms with Gasteiger partial charge >= 0.3 is 0 Å². The molecule has 0 radical (unpaired) electrons. The third-order valence-electron chi connectivity index (χ3n) is 3.31. The van der Waals surface area contributed by atoms with Crippen LogP contribution in [0.1, 0.15) is 24.8 Å². The van der Waals surface area contributed by atoms with E-state index in [1.807, 2.05) is 6.07 Å². The molecule has 0 aliphatic carbocycles. The highest BCUT2D eigenvalue weighted by atomic mass is 19.1. The zero-order chi connectivity index (χ0) is 13.7. The number of benzene rings is 1. The van der Waals surface area contributed by atoms with Crippen LogP contribution in [0.25, 0.3) is 0 Å². The first-order valence-electron chi connectivity index (χ1n) is 6.39. The second-order valence-electron chi connectivity index (χ2n) is 4.75. The summed E-state index contributed by atoms with van der Waals surface area (Å²) in [5.74, 6) is -0.220. The van der Waals surface area contributed by atoms with E-state index >= 15 is 0 Å². The molecule has 1 saturated heterocycles. The highest BCUT2D eigenvalue weighted by Gasteiger charge is 2.16. The minimum absolute atomic E-state index is 0.133. The van der Waals surface area contributed by atoms with Crippen LogP contribution in [-0.2, 0) is 4.79 Å². The van der Waals surface area contributed by atoms with E-state index in [-0.39, 0.29) is 17.2 Å². The molecular formula is C14H16FN3O. The van der Waals surface area contributed by atoms with E-state index in [2.05, 4.69) is 10.6 Å². The fraction of sp³-hybridized carbons (Fsp3) is 0.429. The maximum absolute atomic E-state index is 13.6. The Bertz CT molecular complexity index is 504. The maximum Gasteiger partial charge on any atom is 0.224 e. The van der Waals surface area contributed by atoms with Gasteiger partial charge < -0.3 is 10.6 Å². The van der Waals surface area contributed by atoms with Gasteiger partial charge in [-0.25, -0.2) is 4.39 Å². The second kappa shape index (κ2) is 6.30. The van der Waals surface area contributed by atoms with Crippen LogP contribution in [-0.4, -0.2) is 19.0 Å². The third-order valence-corrected chi connectivity index (χ3v) is 3.31. The number of anilines is 1. The summed E-state index contributed by atoms with van der Waals surface area (Å²) in [5, 5.41) is 14.4. The topological polar surface area (TPSA) is 64.9 Å². The van der Waals surface area contributed by atoms with Crippen molar-refractivity contribution in [3.8, 4) is 6.07 Å². The Hall–Kier alpha value is -1.93. The predicted molar refractivity (Wildman–Crippen MR) is 70.0 cm³/mol. The lowest BCUT2D eigenvalue weighted by Crippen LogP contribution is -2.15. The van der Waals surface area contributed by atoms with Gasteiger partial charge in [-0.05, 0) is 50.0 Å². The molecule has 4 nitrogen and oxygen atoms in total. The molecule has 0 spiro atoms. The van der Waals surface area contributed by atoms with E-state index in [1.165, 1.54) is 12.1 Å². The molecule has 1 aromatic carbocycles. The number of halogens is 1.